The molecule has 5 rings (SSSR count). The predicted octanol–water partition coefficient (Wildman–Crippen LogP) is 1.70. The first-order valence-electron chi connectivity index (χ1n) is 12.9. The Morgan fingerprint density at radius 3 is 2.33 bits per heavy atom. The summed E-state index contributed by atoms with van der Waals surface area (Å²) in [6, 6.07) is 5.85. The number of carbonyl (C=O) groups excluding carboxylic acids is 1. The maximum atomic E-state index is 14.6. The SMILES string of the molecule is NS(=O)(=O)c1ccc(S(=O)(=O)N2CCN(C(=O)c3cc(OCC4CCOCC4)nc(C4CC4)c3)CC2)c(F)c1. The molecule has 212 valence electrons. The Labute approximate surface area is 227 Å². The number of aromatic nitrogens is 1. The highest BCUT2D eigenvalue weighted by Gasteiger charge is 2.34. The van der Waals surface area contributed by atoms with Crippen LogP contribution in [0, 0.1) is 11.7 Å². The van der Waals surface area contributed by atoms with Gasteiger partial charge in [-0.25, -0.2) is 31.3 Å². The van der Waals surface area contributed by atoms with Crippen molar-refractivity contribution in [1.29, 1.82) is 0 Å². The van der Waals surface area contributed by atoms with Crippen LogP contribution in [0.15, 0.2) is 40.1 Å². The van der Waals surface area contributed by atoms with Gasteiger partial charge in [0.15, 0.2) is 0 Å². The molecule has 2 aliphatic heterocycles. The minimum absolute atomic E-state index is 0.0435. The Balaban J connectivity index is 1.26. The van der Waals surface area contributed by atoms with E-state index in [1.807, 2.05) is 0 Å². The first-order valence-corrected chi connectivity index (χ1v) is 15.9. The number of hydrogen-bond acceptors (Lipinski definition) is 8. The maximum Gasteiger partial charge on any atom is 0.254 e. The maximum absolute atomic E-state index is 14.6. The standard InChI is InChI=1S/C25H31FN4O7S2/c26-21-15-20(38(27,32)33)3-4-23(21)39(34,35)30-9-7-29(8-10-30)25(31)19-13-22(18-1-2-18)28-24(14-19)37-16-17-5-11-36-12-6-17/h3-4,13-15,17-18H,1-2,5-12,16H2,(H2,27,32,33). The van der Waals surface area contributed by atoms with Crippen molar-refractivity contribution in [3.63, 3.8) is 0 Å². The zero-order valence-corrected chi connectivity index (χ0v) is 22.9. The van der Waals surface area contributed by atoms with E-state index >= 15 is 0 Å². The summed E-state index contributed by atoms with van der Waals surface area (Å²) in [5.74, 6) is -0.372. The van der Waals surface area contributed by atoms with Crippen molar-refractivity contribution in [1.82, 2.24) is 14.2 Å². The van der Waals surface area contributed by atoms with E-state index in [0.29, 0.717) is 49.2 Å². The number of benzene rings is 1. The largest absolute Gasteiger partial charge is 0.477 e. The Morgan fingerprint density at radius 2 is 1.72 bits per heavy atom. The summed E-state index contributed by atoms with van der Waals surface area (Å²) in [6.45, 7) is 2.05. The average Bonchev–Trinajstić information content (AvgIpc) is 3.77. The van der Waals surface area contributed by atoms with Gasteiger partial charge < -0.3 is 14.4 Å². The van der Waals surface area contributed by atoms with Crippen LogP contribution in [-0.2, 0) is 24.8 Å². The van der Waals surface area contributed by atoms with Crippen LogP contribution >= 0.6 is 0 Å². The number of nitrogens with zero attached hydrogens (tertiary/aromatic N) is 3. The molecular weight excluding hydrogens is 551 g/mol. The molecule has 2 saturated heterocycles. The lowest BCUT2D eigenvalue weighted by Gasteiger charge is -2.34. The van der Waals surface area contributed by atoms with Crippen LogP contribution < -0.4 is 9.88 Å². The van der Waals surface area contributed by atoms with Gasteiger partial charge >= 0.3 is 0 Å². The second-order valence-corrected chi connectivity index (χ2v) is 13.6. The molecule has 3 fully saturated rings. The number of sulfonamides is 2. The Bertz CT molecular complexity index is 1450. The van der Waals surface area contributed by atoms with Crippen LogP contribution in [0.5, 0.6) is 5.88 Å². The number of amides is 1. The summed E-state index contributed by atoms with van der Waals surface area (Å²) >= 11 is 0. The molecule has 0 atom stereocenters. The third-order valence-corrected chi connectivity index (χ3v) is 10.1. The molecule has 2 N–H and O–H groups in total. The average molecular weight is 583 g/mol. The van der Waals surface area contributed by atoms with E-state index in [0.717, 1.165) is 47.8 Å². The molecule has 2 aromatic rings. The van der Waals surface area contributed by atoms with Crippen LogP contribution in [0.25, 0.3) is 0 Å². The molecule has 11 nitrogen and oxygen atoms in total. The van der Waals surface area contributed by atoms with Crippen molar-refractivity contribution in [3.05, 3.63) is 47.4 Å². The third-order valence-electron chi connectivity index (χ3n) is 7.25. The van der Waals surface area contributed by atoms with E-state index in [-0.39, 0.29) is 32.1 Å². The number of rotatable bonds is 8. The van der Waals surface area contributed by atoms with Gasteiger partial charge in [-0.2, -0.15) is 4.31 Å². The Hall–Kier alpha value is -2.65. The second kappa shape index (κ2) is 11.1. The fourth-order valence-electron chi connectivity index (χ4n) is 4.75. The van der Waals surface area contributed by atoms with Crippen LogP contribution in [0.2, 0.25) is 0 Å². The zero-order valence-electron chi connectivity index (χ0n) is 21.3. The topological polar surface area (TPSA) is 149 Å². The van der Waals surface area contributed by atoms with E-state index in [9.17, 15) is 26.0 Å². The molecule has 1 amide bonds. The van der Waals surface area contributed by atoms with E-state index in [4.69, 9.17) is 14.6 Å². The Kier molecular flexibility index (Phi) is 7.93. The summed E-state index contributed by atoms with van der Waals surface area (Å²) in [6.07, 6.45) is 3.85. The quantitative estimate of drug-likeness (QED) is 0.494. The summed E-state index contributed by atoms with van der Waals surface area (Å²) in [7, 11) is -8.44. The lowest BCUT2D eigenvalue weighted by Crippen LogP contribution is -2.50. The number of pyridine rings is 1. The smallest absolute Gasteiger partial charge is 0.254 e. The van der Waals surface area contributed by atoms with Gasteiger partial charge in [0.25, 0.3) is 5.91 Å². The number of hydrogen-bond donors (Lipinski definition) is 1. The molecular formula is C25H31FN4O7S2. The molecule has 14 heteroatoms. The molecule has 3 heterocycles. The normalized spacial score (nSPS) is 19.7. The number of ether oxygens (including phenoxy) is 2. The molecule has 0 spiro atoms. The number of halogens is 1. The van der Waals surface area contributed by atoms with Crippen molar-refractivity contribution < 1.29 is 35.5 Å². The first-order chi connectivity index (χ1) is 18.5. The fourth-order valence-corrected chi connectivity index (χ4v) is 6.74. The van der Waals surface area contributed by atoms with Crippen molar-refractivity contribution in [3.8, 4) is 5.88 Å². The molecule has 1 aliphatic carbocycles. The van der Waals surface area contributed by atoms with Crippen LogP contribution in [0.3, 0.4) is 0 Å². The van der Waals surface area contributed by atoms with Gasteiger partial charge in [0.2, 0.25) is 25.9 Å². The monoisotopic (exact) mass is 582 g/mol. The van der Waals surface area contributed by atoms with Crippen molar-refractivity contribution in [2.24, 2.45) is 11.1 Å². The van der Waals surface area contributed by atoms with Gasteiger partial charge in [-0.1, -0.05) is 0 Å². The van der Waals surface area contributed by atoms with Crippen LogP contribution in [-0.4, -0.2) is 82.9 Å². The predicted molar refractivity (Wildman–Crippen MR) is 138 cm³/mol. The van der Waals surface area contributed by atoms with Crippen molar-refractivity contribution in [2.75, 3.05) is 46.0 Å². The summed E-state index contributed by atoms with van der Waals surface area (Å²) in [5.41, 5.74) is 1.26. The van der Waals surface area contributed by atoms with E-state index in [2.05, 4.69) is 4.98 Å². The summed E-state index contributed by atoms with van der Waals surface area (Å²) < 4.78 is 76.1. The molecule has 0 bridgehead atoms. The number of carbonyl (C=O) groups is 1. The molecule has 0 radical (unpaired) electrons. The number of nitrogens with two attached hydrogens (primary N) is 1. The highest BCUT2D eigenvalue weighted by molar-refractivity contribution is 7.89. The molecule has 3 aliphatic rings. The summed E-state index contributed by atoms with van der Waals surface area (Å²) in [5, 5.41) is 5.00. The van der Waals surface area contributed by atoms with E-state index in [1.54, 1.807) is 17.0 Å². The second-order valence-electron chi connectivity index (χ2n) is 10.1. The molecule has 1 aromatic carbocycles. The first kappa shape index (κ1) is 27.9. The van der Waals surface area contributed by atoms with Crippen LogP contribution in [0.4, 0.5) is 4.39 Å². The van der Waals surface area contributed by atoms with Gasteiger partial charge in [0, 0.05) is 62.6 Å². The van der Waals surface area contributed by atoms with E-state index in [1.165, 1.54) is 0 Å². The number of primary sulfonamides is 1. The highest BCUT2D eigenvalue weighted by atomic mass is 32.2. The minimum atomic E-state index is -4.26. The van der Waals surface area contributed by atoms with Crippen molar-refractivity contribution in [2.45, 2.75) is 41.4 Å². The number of piperazine rings is 1. The van der Waals surface area contributed by atoms with Crippen molar-refractivity contribution >= 4 is 26.0 Å². The van der Waals surface area contributed by atoms with Gasteiger partial charge in [-0.15, -0.1) is 0 Å². The summed E-state index contributed by atoms with van der Waals surface area (Å²) in [4.78, 5) is 18.4. The third kappa shape index (κ3) is 6.40. The highest BCUT2D eigenvalue weighted by Crippen LogP contribution is 2.40. The fraction of sp³-hybridized carbons (Fsp3) is 0.520. The molecule has 1 saturated carbocycles. The van der Waals surface area contributed by atoms with E-state index < -0.39 is 35.7 Å². The van der Waals surface area contributed by atoms with Gasteiger partial charge in [0.05, 0.1) is 11.5 Å². The lowest BCUT2D eigenvalue weighted by atomic mass is 10.0. The lowest BCUT2D eigenvalue weighted by molar-refractivity contribution is 0.0489. The minimum Gasteiger partial charge on any atom is -0.477 e. The van der Waals surface area contributed by atoms with Gasteiger partial charge in [-0.05, 0) is 55.9 Å². The molecule has 0 unspecified atom stereocenters. The Morgan fingerprint density at radius 1 is 1.03 bits per heavy atom. The van der Waals surface area contributed by atoms with Gasteiger partial charge in [0.1, 0.15) is 10.7 Å². The molecule has 39 heavy (non-hydrogen) atoms. The molecule has 1 aromatic heterocycles. The van der Waals surface area contributed by atoms with Gasteiger partial charge in [-0.3, -0.25) is 4.79 Å². The van der Waals surface area contributed by atoms with Crippen LogP contribution in [0.1, 0.15) is 47.7 Å². The zero-order chi connectivity index (χ0) is 27.8.